The van der Waals surface area contributed by atoms with Crippen LogP contribution in [0.25, 0.3) is 0 Å². The summed E-state index contributed by atoms with van der Waals surface area (Å²) in [7, 11) is -3.57. The zero-order valence-corrected chi connectivity index (χ0v) is 13.6. The Bertz CT molecular complexity index is 523. The monoisotopic (exact) mass is 307 g/mol. The van der Waals surface area contributed by atoms with Crippen molar-refractivity contribution in [2.24, 2.45) is 5.92 Å². The van der Waals surface area contributed by atoms with Gasteiger partial charge in [-0.15, -0.1) is 11.6 Å². The molecule has 0 aromatic carbocycles. The molecule has 0 atom stereocenters. The van der Waals surface area contributed by atoms with Crippen LogP contribution in [0.3, 0.4) is 0 Å². The summed E-state index contributed by atoms with van der Waals surface area (Å²) in [6, 6.07) is -0.107. The first-order valence-electron chi connectivity index (χ1n) is 6.33. The van der Waals surface area contributed by atoms with Gasteiger partial charge in [-0.25, -0.2) is 8.42 Å². The number of nitrogens with zero attached hydrogens (tertiary/aromatic N) is 2. The molecule has 0 aliphatic heterocycles. The van der Waals surface area contributed by atoms with Crippen LogP contribution in [0.4, 0.5) is 0 Å². The topological polar surface area (TPSA) is 66.1 Å². The number of aromatic nitrogens is 2. The van der Waals surface area contributed by atoms with Crippen molar-refractivity contribution in [1.82, 2.24) is 14.5 Å². The highest BCUT2D eigenvalue weighted by Crippen LogP contribution is 2.25. The van der Waals surface area contributed by atoms with Crippen molar-refractivity contribution in [3.8, 4) is 0 Å². The van der Waals surface area contributed by atoms with E-state index in [9.17, 15) is 8.42 Å². The number of aryl methyl sites for hydroxylation is 1. The van der Waals surface area contributed by atoms with E-state index in [2.05, 4.69) is 10.2 Å². The van der Waals surface area contributed by atoms with Crippen molar-refractivity contribution in [1.29, 1.82) is 0 Å². The minimum Gasteiger partial charge on any atom is -0.281 e. The van der Waals surface area contributed by atoms with E-state index in [1.807, 2.05) is 27.7 Å². The average Bonchev–Trinajstić information content (AvgIpc) is 2.67. The number of alkyl halides is 1. The predicted molar refractivity (Wildman–Crippen MR) is 76.7 cm³/mol. The predicted octanol–water partition coefficient (Wildman–Crippen LogP) is 2.51. The summed E-state index contributed by atoms with van der Waals surface area (Å²) in [5.41, 5.74) is 0.915. The molecule has 0 saturated carbocycles. The molecule has 19 heavy (non-hydrogen) atoms. The third-order valence-corrected chi connectivity index (χ3v) is 5.27. The number of sulfonamides is 1. The molecule has 7 heteroatoms. The Morgan fingerprint density at radius 1 is 1.32 bits per heavy atom. The summed E-state index contributed by atoms with van der Waals surface area (Å²) >= 11 is 5.78. The van der Waals surface area contributed by atoms with Crippen LogP contribution in [0.2, 0.25) is 0 Å². The van der Waals surface area contributed by atoms with Crippen molar-refractivity contribution < 1.29 is 8.42 Å². The molecular formula is C12H22ClN3O2S. The maximum absolute atomic E-state index is 12.8. The van der Waals surface area contributed by atoms with Crippen LogP contribution in [-0.2, 0) is 15.9 Å². The fourth-order valence-corrected chi connectivity index (χ4v) is 4.37. The van der Waals surface area contributed by atoms with Gasteiger partial charge in [0, 0.05) is 12.6 Å². The average molecular weight is 308 g/mol. The first kappa shape index (κ1) is 16.5. The van der Waals surface area contributed by atoms with Gasteiger partial charge in [-0.3, -0.25) is 5.10 Å². The van der Waals surface area contributed by atoms with E-state index < -0.39 is 10.0 Å². The van der Waals surface area contributed by atoms with Crippen molar-refractivity contribution in [2.45, 2.75) is 51.4 Å². The molecule has 0 spiro atoms. The summed E-state index contributed by atoms with van der Waals surface area (Å²) < 4.78 is 27.1. The zero-order valence-electron chi connectivity index (χ0n) is 12.1. The second-order valence-corrected chi connectivity index (χ2v) is 7.42. The van der Waals surface area contributed by atoms with E-state index >= 15 is 0 Å². The Morgan fingerprint density at radius 2 is 1.89 bits per heavy atom. The smallest absolute Gasteiger partial charge is 0.247 e. The number of H-pyrrole nitrogens is 1. The number of hydrogen-bond donors (Lipinski definition) is 1. The molecule has 0 amide bonds. The number of rotatable bonds is 6. The number of aromatic amines is 1. The first-order valence-corrected chi connectivity index (χ1v) is 8.30. The molecular weight excluding hydrogens is 286 g/mol. The van der Waals surface area contributed by atoms with Gasteiger partial charge in [-0.2, -0.15) is 9.40 Å². The standard InChI is InChI=1S/C12H22ClN3O2S/c1-8(2)7-16(9(3)4)19(17,18)12-10(5)14-15-11(12)6-13/h8-9H,6-7H2,1-5H3,(H,14,15). The number of nitrogens with one attached hydrogen (secondary N) is 1. The lowest BCUT2D eigenvalue weighted by Crippen LogP contribution is -2.39. The summed E-state index contributed by atoms with van der Waals surface area (Å²) in [4.78, 5) is 0.219. The quantitative estimate of drug-likeness (QED) is 0.821. The first-order chi connectivity index (χ1) is 8.71. The van der Waals surface area contributed by atoms with E-state index in [-0.39, 0.29) is 22.7 Å². The second-order valence-electron chi connectivity index (χ2n) is 5.32. The molecule has 0 bridgehead atoms. The van der Waals surface area contributed by atoms with Crippen molar-refractivity contribution in [2.75, 3.05) is 6.54 Å². The lowest BCUT2D eigenvalue weighted by molar-refractivity contribution is 0.318. The molecule has 0 saturated heterocycles. The van der Waals surface area contributed by atoms with Gasteiger partial charge in [-0.1, -0.05) is 13.8 Å². The van der Waals surface area contributed by atoms with E-state index in [1.54, 1.807) is 6.92 Å². The van der Waals surface area contributed by atoms with Gasteiger partial charge in [-0.05, 0) is 26.7 Å². The largest absolute Gasteiger partial charge is 0.281 e. The highest BCUT2D eigenvalue weighted by atomic mass is 35.5. The zero-order chi connectivity index (χ0) is 14.8. The lowest BCUT2D eigenvalue weighted by Gasteiger charge is -2.27. The fraction of sp³-hybridized carbons (Fsp3) is 0.750. The highest BCUT2D eigenvalue weighted by molar-refractivity contribution is 7.89. The molecule has 1 rings (SSSR count). The van der Waals surface area contributed by atoms with Crippen molar-refractivity contribution >= 4 is 21.6 Å². The van der Waals surface area contributed by atoms with E-state index in [0.717, 1.165) is 0 Å². The third-order valence-electron chi connectivity index (χ3n) is 2.78. The van der Waals surface area contributed by atoms with Crippen LogP contribution in [0.15, 0.2) is 4.90 Å². The Labute approximate surface area is 120 Å². The van der Waals surface area contributed by atoms with Crippen LogP contribution < -0.4 is 0 Å². The molecule has 0 radical (unpaired) electrons. The van der Waals surface area contributed by atoms with Gasteiger partial charge in [0.25, 0.3) is 0 Å². The molecule has 0 aliphatic carbocycles. The highest BCUT2D eigenvalue weighted by Gasteiger charge is 2.32. The Hall–Kier alpha value is -0.590. The Kier molecular flexibility index (Phi) is 5.41. The summed E-state index contributed by atoms with van der Waals surface area (Å²) in [5.74, 6) is 0.329. The van der Waals surface area contributed by atoms with Gasteiger partial charge in [0.05, 0.1) is 17.3 Å². The van der Waals surface area contributed by atoms with Crippen LogP contribution in [-0.4, -0.2) is 35.5 Å². The molecule has 0 unspecified atom stereocenters. The van der Waals surface area contributed by atoms with Crippen molar-refractivity contribution in [3.63, 3.8) is 0 Å². The summed E-state index contributed by atoms with van der Waals surface area (Å²) in [5, 5.41) is 6.66. The third kappa shape index (κ3) is 3.49. The normalized spacial score (nSPS) is 12.9. The number of halogens is 1. The van der Waals surface area contributed by atoms with E-state index in [0.29, 0.717) is 17.9 Å². The number of hydrogen-bond acceptors (Lipinski definition) is 3. The molecule has 5 nitrogen and oxygen atoms in total. The molecule has 1 heterocycles. The Morgan fingerprint density at radius 3 is 2.32 bits per heavy atom. The van der Waals surface area contributed by atoms with E-state index in [1.165, 1.54) is 4.31 Å². The maximum Gasteiger partial charge on any atom is 0.247 e. The molecule has 1 aromatic rings. The van der Waals surface area contributed by atoms with Gasteiger partial charge >= 0.3 is 0 Å². The summed E-state index contributed by atoms with van der Waals surface area (Å²) in [6.45, 7) is 9.91. The van der Waals surface area contributed by atoms with Gasteiger partial charge in [0.1, 0.15) is 4.90 Å². The van der Waals surface area contributed by atoms with Gasteiger partial charge in [0.15, 0.2) is 0 Å². The van der Waals surface area contributed by atoms with Crippen LogP contribution in [0, 0.1) is 12.8 Å². The minimum atomic E-state index is -3.57. The Balaban J connectivity index is 3.30. The molecule has 1 aromatic heterocycles. The molecule has 0 aliphatic rings. The lowest BCUT2D eigenvalue weighted by atomic mass is 10.2. The molecule has 1 N–H and O–H groups in total. The molecule has 0 fully saturated rings. The van der Waals surface area contributed by atoms with Crippen molar-refractivity contribution in [3.05, 3.63) is 11.4 Å². The van der Waals surface area contributed by atoms with Crippen LogP contribution >= 0.6 is 11.6 Å². The van der Waals surface area contributed by atoms with Crippen LogP contribution in [0.1, 0.15) is 39.1 Å². The summed E-state index contributed by atoms with van der Waals surface area (Å²) in [6.07, 6.45) is 0. The second kappa shape index (κ2) is 6.24. The van der Waals surface area contributed by atoms with Gasteiger partial charge in [0.2, 0.25) is 10.0 Å². The fourth-order valence-electron chi connectivity index (χ4n) is 1.97. The molecule has 110 valence electrons. The van der Waals surface area contributed by atoms with Gasteiger partial charge < -0.3 is 0 Å². The van der Waals surface area contributed by atoms with E-state index in [4.69, 9.17) is 11.6 Å². The SMILES string of the molecule is Cc1[nH]nc(CCl)c1S(=O)(=O)N(CC(C)C)C(C)C. The van der Waals surface area contributed by atoms with Crippen LogP contribution in [0.5, 0.6) is 0 Å². The maximum atomic E-state index is 12.8. The minimum absolute atomic E-state index is 0.0759.